The van der Waals surface area contributed by atoms with Crippen molar-refractivity contribution < 1.29 is 19.4 Å². The van der Waals surface area contributed by atoms with E-state index in [2.05, 4.69) is 9.97 Å². The van der Waals surface area contributed by atoms with Crippen molar-refractivity contribution in [2.75, 3.05) is 37.7 Å². The summed E-state index contributed by atoms with van der Waals surface area (Å²) in [6.45, 7) is 2.24. The van der Waals surface area contributed by atoms with Crippen molar-refractivity contribution in [1.82, 2.24) is 14.9 Å². The number of hydrogen-bond donors (Lipinski definition) is 1. The molecule has 25 heavy (non-hydrogen) atoms. The Morgan fingerprint density at radius 3 is 2.64 bits per heavy atom. The zero-order valence-electron chi connectivity index (χ0n) is 14.2. The van der Waals surface area contributed by atoms with Crippen LogP contribution in [-0.2, 0) is 14.3 Å². The van der Waals surface area contributed by atoms with Gasteiger partial charge in [0.1, 0.15) is 6.54 Å². The predicted molar refractivity (Wildman–Crippen MR) is 90.2 cm³/mol. The lowest BCUT2D eigenvalue weighted by Gasteiger charge is -2.38. The minimum absolute atomic E-state index is 0.0549. The Labute approximate surface area is 146 Å². The van der Waals surface area contributed by atoms with Gasteiger partial charge in [-0.15, -0.1) is 0 Å². The lowest BCUT2D eigenvalue weighted by molar-refractivity contribution is -0.150. The van der Waals surface area contributed by atoms with Gasteiger partial charge >= 0.3 is 5.97 Å². The molecule has 1 aromatic rings. The molecule has 8 nitrogen and oxygen atoms in total. The molecular weight excluding hydrogens is 324 g/mol. The number of rotatable bonds is 5. The number of piperidine rings is 1. The first-order valence-corrected chi connectivity index (χ1v) is 8.77. The molecule has 0 bridgehead atoms. The number of nitrogens with zero attached hydrogens (tertiary/aromatic N) is 4. The number of aromatic nitrogens is 2. The molecule has 0 aliphatic carbocycles. The molecule has 1 aromatic heterocycles. The highest BCUT2D eigenvalue weighted by atomic mass is 16.5. The van der Waals surface area contributed by atoms with E-state index in [1.54, 1.807) is 23.4 Å². The van der Waals surface area contributed by atoms with E-state index in [1.165, 1.54) is 0 Å². The molecule has 136 valence electrons. The van der Waals surface area contributed by atoms with Crippen LogP contribution in [-0.4, -0.2) is 70.7 Å². The highest BCUT2D eigenvalue weighted by molar-refractivity contribution is 5.84. The van der Waals surface area contributed by atoms with Crippen LogP contribution < -0.4 is 4.90 Å². The largest absolute Gasteiger partial charge is 0.480 e. The Balaban J connectivity index is 1.70. The fraction of sp³-hybridized carbons (Fsp3) is 0.647. The number of hydrogen-bond acceptors (Lipinski definition) is 6. The lowest BCUT2D eigenvalue weighted by atomic mass is 9.95. The number of carboxylic acids is 1. The van der Waals surface area contributed by atoms with Gasteiger partial charge in [-0.3, -0.25) is 9.59 Å². The van der Waals surface area contributed by atoms with E-state index in [4.69, 9.17) is 4.74 Å². The summed E-state index contributed by atoms with van der Waals surface area (Å²) in [5.74, 6) is -0.649. The van der Waals surface area contributed by atoms with Crippen LogP contribution in [0, 0.1) is 5.92 Å². The van der Waals surface area contributed by atoms with Crippen LogP contribution in [0.25, 0.3) is 0 Å². The molecule has 1 amide bonds. The fourth-order valence-electron chi connectivity index (χ4n) is 3.58. The van der Waals surface area contributed by atoms with Crippen LogP contribution in [0.2, 0.25) is 0 Å². The third-order valence-electron chi connectivity index (χ3n) is 4.83. The molecule has 3 rings (SSSR count). The Bertz CT molecular complexity index is 592. The maximum atomic E-state index is 13.1. The van der Waals surface area contributed by atoms with Gasteiger partial charge in [0.05, 0.1) is 5.92 Å². The smallest absolute Gasteiger partial charge is 0.323 e. The van der Waals surface area contributed by atoms with E-state index in [0.29, 0.717) is 38.5 Å². The molecule has 2 aliphatic rings. The van der Waals surface area contributed by atoms with Crippen LogP contribution in [0.1, 0.15) is 25.7 Å². The van der Waals surface area contributed by atoms with Crippen molar-refractivity contribution in [2.24, 2.45) is 5.92 Å². The molecule has 0 aromatic carbocycles. The molecule has 3 heterocycles. The molecule has 0 saturated carbocycles. The van der Waals surface area contributed by atoms with Gasteiger partial charge in [-0.1, -0.05) is 0 Å². The second-order valence-electron chi connectivity index (χ2n) is 6.54. The minimum Gasteiger partial charge on any atom is -0.480 e. The van der Waals surface area contributed by atoms with E-state index in [0.717, 1.165) is 19.4 Å². The first-order valence-electron chi connectivity index (χ1n) is 8.77. The minimum atomic E-state index is -0.973. The van der Waals surface area contributed by atoms with Crippen LogP contribution in [0.4, 0.5) is 5.95 Å². The molecule has 2 saturated heterocycles. The van der Waals surface area contributed by atoms with Gasteiger partial charge in [0.2, 0.25) is 11.9 Å². The second-order valence-corrected chi connectivity index (χ2v) is 6.54. The van der Waals surface area contributed by atoms with Gasteiger partial charge in [-0.2, -0.15) is 0 Å². The highest BCUT2D eigenvalue weighted by Crippen LogP contribution is 2.24. The molecule has 1 atom stereocenters. The number of anilines is 1. The zero-order chi connectivity index (χ0) is 17.6. The van der Waals surface area contributed by atoms with Crippen molar-refractivity contribution >= 4 is 17.8 Å². The Kier molecular flexibility index (Phi) is 5.80. The summed E-state index contributed by atoms with van der Waals surface area (Å²) >= 11 is 0. The van der Waals surface area contributed by atoms with Crippen molar-refractivity contribution in [3.8, 4) is 0 Å². The topological polar surface area (TPSA) is 95.9 Å². The number of carbonyl (C=O) groups is 2. The summed E-state index contributed by atoms with van der Waals surface area (Å²) in [5, 5.41) is 9.24. The lowest BCUT2D eigenvalue weighted by Crippen LogP contribution is -2.51. The van der Waals surface area contributed by atoms with E-state index in [9.17, 15) is 14.7 Å². The molecule has 2 fully saturated rings. The molecule has 0 spiro atoms. The molecular formula is C17H24N4O4. The Morgan fingerprint density at radius 1 is 1.24 bits per heavy atom. The van der Waals surface area contributed by atoms with E-state index < -0.39 is 5.97 Å². The van der Waals surface area contributed by atoms with Crippen LogP contribution >= 0.6 is 0 Å². The third kappa shape index (κ3) is 4.45. The Hall–Kier alpha value is -2.22. The van der Waals surface area contributed by atoms with E-state index >= 15 is 0 Å². The van der Waals surface area contributed by atoms with Crippen molar-refractivity contribution in [3.05, 3.63) is 18.5 Å². The predicted octanol–water partition coefficient (Wildman–Crippen LogP) is 0.785. The quantitative estimate of drug-likeness (QED) is 0.840. The Morgan fingerprint density at radius 2 is 1.96 bits per heavy atom. The van der Waals surface area contributed by atoms with Crippen molar-refractivity contribution in [3.63, 3.8) is 0 Å². The maximum Gasteiger partial charge on any atom is 0.323 e. The average molecular weight is 348 g/mol. The zero-order valence-corrected chi connectivity index (χ0v) is 14.2. The molecule has 0 radical (unpaired) electrons. The van der Waals surface area contributed by atoms with Crippen LogP contribution in [0.15, 0.2) is 18.5 Å². The summed E-state index contributed by atoms with van der Waals surface area (Å²) in [4.78, 5) is 36.4. The number of amides is 1. The van der Waals surface area contributed by atoms with Gasteiger partial charge in [0, 0.05) is 44.7 Å². The summed E-state index contributed by atoms with van der Waals surface area (Å²) in [6, 6.07) is 1.70. The van der Waals surface area contributed by atoms with Gasteiger partial charge in [0.15, 0.2) is 0 Å². The third-order valence-corrected chi connectivity index (χ3v) is 4.83. The van der Waals surface area contributed by atoms with Gasteiger partial charge in [-0.05, 0) is 31.7 Å². The van der Waals surface area contributed by atoms with Gasteiger partial charge in [0.25, 0.3) is 0 Å². The standard InChI is InChI=1S/C17H24N4O4/c22-15(23)12-21(14-4-9-25-10-5-14)16(24)13-3-1-8-20(11-13)17-18-6-2-7-19-17/h2,6-7,13-14H,1,3-5,8-12H2,(H,22,23). The second kappa shape index (κ2) is 8.24. The first kappa shape index (κ1) is 17.6. The van der Waals surface area contributed by atoms with Gasteiger partial charge in [-0.25, -0.2) is 9.97 Å². The number of carboxylic acid groups (broad SMARTS) is 1. The molecule has 8 heteroatoms. The number of ether oxygens (including phenoxy) is 1. The van der Waals surface area contributed by atoms with Crippen LogP contribution in [0.5, 0.6) is 0 Å². The first-order chi connectivity index (χ1) is 12.1. The summed E-state index contributed by atoms with van der Waals surface area (Å²) in [6.07, 6.45) is 6.39. The fourth-order valence-corrected chi connectivity index (χ4v) is 3.58. The summed E-state index contributed by atoms with van der Waals surface area (Å²) in [5.41, 5.74) is 0. The average Bonchev–Trinajstić information content (AvgIpc) is 2.67. The highest BCUT2D eigenvalue weighted by Gasteiger charge is 2.34. The molecule has 1 unspecified atom stereocenters. The van der Waals surface area contributed by atoms with Crippen molar-refractivity contribution in [2.45, 2.75) is 31.7 Å². The van der Waals surface area contributed by atoms with Crippen molar-refractivity contribution in [1.29, 1.82) is 0 Å². The number of aliphatic carboxylic acids is 1. The monoisotopic (exact) mass is 348 g/mol. The number of carbonyl (C=O) groups excluding carboxylic acids is 1. The van der Waals surface area contributed by atoms with Crippen LogP contribution in [0.3, 0.4) is 0 Å². The van der Waals surface area contributed by atoms with E-state index in [1.807, 2.05) is 4.90 Å². The maximum absolute atomic E-state index is 13.1. The molecule has 2 aliphatic heterocycles. The SMILES string of the molecule is O=C(O)CN(C(=O)C1CCCN(c2ncccn2)C1)C1CCOCC1. The molecule has 1 N–H and O–H groups in total. The summed E-state index contributed by atoms with van der Waals surface area (Å²) < 4.78 is 5.34. The summed E-state index contributed by atoms with van der Waals surface area (Å²) in [7, 11) is 0. The van der Waals surface area contributed by atoms with E-state index in [-0.39, 0.29) is 24.4 Å². The normalized spacial score (nSPS) is 21.8. The van der Waals surface area contributed by atoms with Gasteiger partial charge < -0.3 is 19.6 Å².